The number of benzene rings is 3. The van der Waals surface area contributed by atoms with E-state index in [0.29, 0.717) is 5.75 Å². The molecule has 4 N–H and O–H groups in total. The van der Waals surface area contributed by atoms with Gasteiger partial charge in [0.25, 0.3) is 0 Å². The summed E-state index contributed by atoms with van der Waals surface area (Å²) in [7, 11) is 0. The summed E-state index contributed by atoms with van der Waals surface area (Å²) in [5, 5.41) is 44.7. The van der Waals surface area contributed by atoms with E-state index < -0.39 is 49.3 Å². The Morgan fingerprint density at radius 2 is 1.27 bits per heavy atom. The molecule has 1 unspecified atom stereocenters. The first-order valence-corrected chi connectivity index (χ1v) is 15.7. The quantitative estimate of drug-likeness (QED) is 0.114. The molecule has 2 aliphatic rings. The molecule has 14 nitrogen and oxygen atoms in total. The second-order valence-corrected chi connectivity index (χ2v) is 11.9. The molecule has 14 heteroatoms. The molecule has 1 aromatic heterocycles. The Morgan fingerprint density at radius 3 is 1.96 bits per heavy atom. The third-order valence-electron chi connectivity index (χ3n) is 8.84. The normalized spacial score (nSPS) is 23.0. The first-order valence-electron chi connectivity index (χ1n) is 15.7. The minimum Gasteiger partial charge on any atom is -0.471 e. The van der Waals surface area contributed by atoms with E-state index in [0.717, 1.165) is 32.3 Å². The summed E-state index contributed by atoms with van der Waals surface area (Å²) in [6.45, 7) is 0.595. The zero-order chi connectivity index (χ0) is 33.9. The van der Waals surface area contributed by atoms with Crippen molar-refractivity contribution in [3.05, 3.63) is 55.0 Å². The van der Waals surface area contributed by atoms with Gasteiger partial charge in [-0.1, -0.05) is 30.3 Å². The zero-order valence-corrected chi connectivity index (χ0v) is 25.9. The molecular weight excluding hydrogens is 628 g/mol. The number of furan rings is 1. The monoisotopic (exact) mass is 664 g/mol. The number of carbonyl (C=O) groups is 4. The van der Waals surface area contributed by atoms with Crippen LogP contribution in [0.5, 0.6) is 5.75 Å². The van der Waals surface area contributed by atoms with Crippen LogP contribution in [0.2, 0.25) is 0 Å². The SMILES string of the molecule is O=C(CCC(=O)N1CCN(C(=O)CCC(=O)Oc2ccc3ccc4c5cocc5ccc4c3c2)CC1)OC[C@H]1OC(O)[C@H](O)[C@@H](O)[C@@H]1O. The van der Waals surface area contributed by atoms with Crippen molar-refractivity contribution in [3.8, 4) is 5.75 Å². The summed E-state index contributed by atoms with van der Waals surface area (Å²) in [6.07, 6.45) is -5.09. The summed E-state index contributed by atoms with van der Waals surface area (Å²) in [6, 6.07) is 13.5. The first kappa shape index (κ1) is 33.3. The van der Waals surface area contributed by atoms with Gasteiger partial charge in [-0.2, -0.15) is 0 Å². The number of esters is 2. The van der Waals surface area contributed by atoms with E-state index >= 15 is 0 Å². The molecule has 0 bridgehead atoms. The number of amides is 2. The van der Waals surface area contributed by atoms with Crippen molar-refractivity contribution in [3.63, 3.8) is 0 Å². The highest BCUT2D eigenvalue weighted by molar-refractivity contribution is 6.17. The van der Waals surface area contributed by atoms with Crippen molar-refractivity contribution < 1.29 is 58.2 Å². The van der Waals surface area contributed by atoms with Crippen molar-refractivity contribution in [2.75, 3.05) is 32.8 Å². The van der Waals surface area contributed by atoms with Gasteiger partial charge in [0.2, 0.25) is 11.8 Å². The van der Waals surface area contributed by atoms with E-state index in [2.05, 4.69) is 0 Å². The lowest BCUT2D eigenvalue weighted by atomic mass is 9.99. The fourth-order valence-corrected chi connectivity index (χ4v) is 6.07. The molecule has 2 fully saturated rings. The molecule has 254 valence electrons. The molecule has 5 atom stereocenters. The van der Waals surface area contributed by atoms with Crippen LogP contribution < -0.4 is 4.74 Å². The van der Waals surface area contributed by atoms with Crippen LogP contribution in [0, 0.1) is 0 Å². The van der Waals surface area contributed by atoms with Crippen LogP contribution in [-0.2, 0) is 28.7 Å². The van der Waals surface area contributed by atoms with Crippen LogP contribution >= 0.6 is 0 Å². The lowest BCUT2D eigenvalue weighted by Gasteiger charge is -2.37. The van der Waals surface area contributed by atoms with Crippen LogP contribution in [0.15, 0.2) is 59.4 Å². The highest BCUT2D eigenvalue weighted by Crippen LogP contribution is 2.33. The molecule has 0 spiro atoms. The van der Waals surface area contributed by atoms with Gasteiger partial charge in [0.15, 0.2) is 6.29 Å². The molecule has 4 aromatic rings. The number of aliphatic hydroxyl groups excluding tert-OH is 4. The Balaban J connectivity index is 0.918. The van der Waals surface area contributed by atoms with Crippen molar-refractivity contribution in [1.82, 2.24) is 9.80 Å². The van der Waals surface area contributed by atoms with Crippen LogP contribution in [0.1, 0.15) is 25.7 Å². The van der Waals surface area contributed by atoms with Crippen molar-refractivity contribution >= 4 is 56.1 Å². The second-order valence-electron chi connectivity index (χ2n) is 11.9. The van der Waals surface area contributed by atoms with Gasteiger partial charge in [-0.15, -0.1) is 0 Å². The summed E-state index contributed by atoms with van der Waals surface area (Å²) in [5.41, 5.74) is 0. The molecular formula is C34H36N2O12. The number of nitrogens with zero attached hydrogens (tertiary/aromatic N) is 2. The predicted octanol–water partition coefficient (Wildman–Crippen LogP) is 1.22. The maximum absolute atomic E-state index is 12.8. The summed E-state index contributed by atoms with van der Waals surface area (Å²) in [5.74, 6) is -1.43. The van der Waals surface area contributed by atoms with Gasteiger partial charge in [0, 0.05) is 49.8 Å². The molecule has 6 rings (SSSR count). The Bertz CT molecular complexity index is 1830. The summed E-state index contributed by atoms with van der Waals surface area (Å²) < 4.78 is 20.9. The smallest absolute Gasteiger partial charge is 0.311 e. The van der Waals surface area contributed by atoms with Gasteiger partial charge >= 0.3 is 11.9 Å². The average molecular weight is 665 g/mol. The number of carbonyl (C=O) groups excluding carboxylic acids is 4. The maximum atomic E-state index is 12.8. The first-order chi connectivity index (χ1) is 23.1. The number of aliphatic hydroxyl groups is 4. The largest absolute Gasteiger partial charge is 0.471 e. The number of hydrogen-bond donors (Lipinski definition) is 4. The topological polar surface area (TPSA) is 197 Å². The van der Waals surface area contributed by atoms with Gasteiger partial charge < -0.3 is 48.9 Å². The van der Waals surface area contributed by atoms with Crippen LogP contribution in [0.4, 0.5) is 0 Å². The Labute approximate surface area is 274 Å². The molecule has 2 amide bonds. The molecule has 0 aliphatic carbocycles. The van der Waals surface area contributed by atoms with E-state index in [1.807, 2.05) is 36.4 Å². The van der Waals surface area contributed by atoms with Gasteiger partial charge in [0.05, 0.1) is 25.4 Å². The fraction of sp³-hybridized carbons (Fsp3) is 0.412. The van der Waals surface area contributed by atoms with Crippen LogP contribution in [0.25, 0.3) is 32.3 Å². The molecule has 0 saturated carbocycles. The number of rotatable bonds is 9. The Hall–Kier alpha value is -4.60. The molecule has 2 saturated heterocycles. The van der Waals surface area contributed by atoms with E-state index in [4.69, 9.17) is 18.6 Å². The maximum Gasteiger partial charge on any atom is 0.311 e. The number of ether oxygens (including phenoxy) is 3. The third kappa shape index (κ3) is 7.12. The van der Waals surface area contributed by atoms with Gasteiger partial charge in [-0.25, -0.2) is 0 Å². The van der Waals surface area contributed by atoms with Gasteiger partial charge in [-0.3, -0.25) is 19.2 Å². The van der Waals surface area contributed by atoms with E-state index in [1.165, 1.54) is 4.90 Å². The van der Waals surface area contributed by atoms with E-state index in [1.54, 1.807) is 23.5 Å². The number of hydrogen-bond acceptors (Lipinski definition) is 12. The van der Waals surface area contributed by atoms with Crippen molar-refractivity contribution in [2.24, 2.45) is 0 Å². The van der Waals surface area contributed by atoms with Gasteiger partial charge in [-0.05, 0) is 33.7 Å². The predicted molar refractivity (Wildman–Crippen MR) is 168 cm³/mol. The number of fused-ring (bicyclic) bond motifs is 5. The highest BCUT2D eigenvalue weighted by Gasteiger charge is 2.43. The van der Waals surface area contributed by atoms with E-state index in [9.17, 15) is 39.6 Å². The zero-order valence-electron chi connectivity index (χ0n) is 25.9. The average Bonchev–Trinajstić information content (AvgIpc) is 3.59. The van der Waals surface area contributed by atoms with Crippen molar-refractivity contribution in [1.29, 1.82) is 0 Å². The highest BCUT2D eigenvalue weighted by atomic mass is 16.6. The third-order valence-corrected chi connectivity index (χ3v) is 8.84. The molecule has 48 heavy (non-hydrogen) atoms. The van der Waals surface area contributed by atoms with Crippen LogP contribution in [-0.4, -0.2) is 117 Å². The van der Waals surface area contributed by atoms with Gasteiger partial charge in [0.1, 0.15) is 36.8 Å². The summed E-state index contributed by atoms with van der Waals surface area (Å²) in [4.78, 5) is 53.4. The molecule has 2 aliphatic heterocycles. The Kier molecular flexibility index (Phi) is 9.89. The Morgan fingerprint density at radius 1 is 0.667 bits per heavy atom. The minimum atomic E-state index is -1.75. The lowest BCUT2D eigenvalue weighted by Crippen LogP contribution is -2.58. The second kappa shape index (κ2) is 14.3. The van der Waals surface area contributed by atoms with E-state index in [-0.39, 0.29) is 63.7 Å². The molecule has 0 radical (unpaired) electrons. The fourth-order valence-electron chi connectivity index (χ4n) is 6.07. The van der Waals surface area contributed by atoms with Crippen molar-refractivity contribution in [2.45, 2.75) is 56.4 Å². The standard InChI is InChI=1S/C34H36N2O12/c37-27(7-9-29(39)46-18-26-31(41)32(42)33(43)34(44)48-26)35-11-13-36(14-12-35)28(38)8-10-30(40)47-21-4-1-19-2-5-23-22(24(19)15-21)6-3-20-16-45-17-25(20)23/h1-6,15-17,26,31-34,41-44H,7-14,18H2/t26-,31-,32+,33-,34?/m1/s1. The molecule has 3 aromatic carbocycles. The summed E-state index contributed by atoms with van der Waals surface area (Å²) >= 11 is 0. The molecule has 3 heterocycles. The lowest BCUT2D eigenvalue weighted by molar-refractivity contribution is -0.287. The van der Waals surface area contributed by atoms with Crippen LogP contribution in [0.3, 0.4) is 0 Å². The minimum absolute atomic E-state index is 0.0416. The number of piperazine rings is 1.